The number of hydrogen-bond donors (Lipinski definition) is 2. The van der Waals surface area contributed by atoms with Crippen molar-refractivity contribution in [3.05, 3.63) is 28.5 Å². The van der Waals surface area contributed by atoms with Gasteiger partial charge >= 0.3 is 0 Å². The molecular weight excluding hydrogens is 345 g/mol. The van der Waals surface area contributed by atoms with E-state index < -0.39 is 5.79 Å². The Morgan fingerprint density at radius 3 is 2.92 bits per heavy atom. The minimum absolute atomic E-state index is 0.0536. The molecule has 10 nitrogen and oxygen atoms in total. The highest BCUT2D eigenvalue weighted by molar-refractivity contribution is 7.13. The average molecular weight is 363 g/mol. The van der Waals surface area contributed by atoms with Gasteiger partial charge in [-0.25, -0.2) is 9.97 Å². The molecule has 0 aliphatic carbocycles. The smallest absolute Gasteiger partial charge is 0.163 e. The number of H-pyrrole nitrogens is 1. The highest BCUT2D eigenvalue weighted by Crippen LogP contribution is 2.49. The number of aliphatic hydroxyl groups excluding tert-OH is 1. The number of fused-ring (bicyclic) bond motifs is 2. The predicted octanol–water partition coefficient (Wildman–Crippen LogP) is 1.93. The van der Waals surface area contributed by atoms with Crippen LogP contribution in [0.25, 0.3) is 21.5 Å². The Kier molecular flexibility index (Phi) is 3.92. The van der Waals surface area contributed by atoms with Crippen molar-refractivity contribution in [3.8, 4) is 0 Å². The molecule has 4 rings (SSSR count). The first-order valence-corrected chi connectivity index (χ1v) is 8.35. The molecule has 5 atom stereocenters. The lowest BCUT2D eigenvalue weighted by molar-refractivity contribution is -0.163. The molecule has 2 aromatic rings. The fourth-order valence-electron chi connectivity index (χ4n) is 3.73. The molecule has 11 heteroatoms. The first-order chi connectivity index (χ1) is 12.0. The summed E-state index contributed by atoms with van der Waals surface area (Å²) in [6.07, 6.45) is 2.65. The normalized spacial score (nSPS) is 31.2. The second-order valence-electron chi connectivity index (χ2n) is 6.56. The maximum Gasteiger partial charge on any atom is 0.163 e. The van der Waals surface area contributed by atoms with Gasteiger partial charge in [-0.2, -0.15) is 0 Å². The van der Waals surface area contributed by atoms with Gasteiger partial charge in [-0.15, -0.1) is 0 Å². The largest absolute Gasteiger partial charge is 0.395 e. The van der Waals surface area contributed by atoms with Crippen LogP contribution in [0.3, 0.4) is 0 Å². The predicted molar refractivity (Wildman–Crippen MR) is 91.7 cm³/mol. The van der Waals surface area contributed by atoms with Crippen LogP contribution < -0.4 is 0 Å². The topological polar surface area (TPSA) is 132 Å². The van der Waals surface area contributed by atoms with E-state index in [1.54, 1.807) is 0 Å². The van der Waals surface area contributed by atoms with E-state index in [-0.39, 0.29) is 36.7 Å². The summed E-state index contributed by atoms with van der Waals surface area (Å²) in [5.41, 5.74) is 10.8. The maximum absolute atomic E-state index is 9.82. The Morgan fingerprint density at radius 1 is 1.44 bits per heavy atom. The molecule has 25 heavy (non-hydrogen) atoms. The van der Waals surface area contributed by atoms with Crippen molar-refractivity contribution < 1.29 is 14.6 Å². The van der Waals surface area contributed by atoms with E-state index in [1.807, 2.05) is 24.7 Å². The lowest BCUT2D eigenvalue weighted by Gasteiger charge is -2.29. The summed E-state index contributed by atoms with van der Waals surface area (Å²) < 4.78 is 14.1. The third-order valence-electron chi connectivity index (χ3n) is 4.68. The maximum atomic E-state index is 9.82. The van der Waals surface area contributed by atoms with Crippen LogP contribution in [0.2, 0.25) is 0 Å². The number of nitrogens with one attached hydrogen (secondary N) is 1. The third kappa shape index (κ3) is 2.50. The SMILES string of the molecule is CC1(C)O[C@@H]2[C@H](O1)[C@@H](CO)N(P)[C@H]2c1c[nH]c2c(N=[N+]=[N-])ncnc12. The monoisotopic (exact) mass is 363 g/mol. The zero-order valence-electron chi connectivity index (χ0n) is 13.7. The molecule has 2 aromatic heterocycles. The van der Waals surface area contributed by atoms with Crippen molar-refractivity contribution in [3.63, 3.8) is 0 Å². The van der Waals surface area contributed by atoms with Crippen molar-refractivity contribution in [2.75, 3.05) is 6.61 Å². The highest BCUT2D eigenvalue weighted by atomic mass is 31.0. The molecule has 2 aliphatic heterocycles. The highest BCUT2D eigenvalue weighted by Gasteiger charge is 2.57. The standard InChI is InChI=1S/C14H18N7O3P/c1-14(2)23-11-7(4-22)21(25)10(12(11)24-14)6-3-16-9-8(6)17-5-18-13(9)19-20-15/h3,5,7,10-12,16,22H,4,25H2,1-2H3/t7-,10+,11-,12+/m1/s1. The Bertz CT molecular complexity index is 865. The molecule has 2 N–H and O–H groups in total. The van der Waals surface area contributed by atoms with Crippen LogP contribution in [-0.4, -0.2) is 55.4 Å². The van der Waals surface area contributed by atoms with Crippen LogP contribution in [0.1, 0.15) is 25.5 Å². The van der Waals surface area contributed by atoms with Crippen LogP contribution in [0.4, 0.5) is 5.82 Å². The zero-order chi connectivity index (χ0) is 17.8. The van der Waals surface area contributed by atoms with Crippen molar-refractivity contribution in [1.29, 1.82) is 0 Å². The van der Waals surface area contributed by atoms with Gasteiger partial charge in [-0.3, -0.25) is 4.67 Å². The van der Waals surface area contributed by atoms with Crippen molar-refractivity contribution in [2.45, 2.75) is 43.9 Å². The molecule has 4 heterocycles. The molecule has 2 fully saturated rings. The molecule has 0 radical (unpaired) electrons. The van der Waals surface area contributed by atoms with E-state index in [0.717, 1.165) is 5.56 Å². The number of azide groups is 1. The van der Waals surface area contributed by atoms with Gasteiger partial charge in [0.1, 0.15) is 18.5 Å². The van der Waals surface area contributed by atoms with Gasteiger partial charge in [0.05, 0.1) is 29.7 Å². The van der Waals surface area contributed by atoms with Gasteiger partial charge in [0, 0.05) is 16.7 Å². The summed E-state index contributed by atoms with van der Waals surface area (Å²) in [4.78, 5) is 14.2. The number of hydrogen-bond acceptors (Lipinski definition) is 7. The van der Waals surface area contributed by atoms with Gasteiger partial charge in [0.2, 0.25) is 0 Å². The molecule has 0 spiro atoms. The molecule has 132 valence electrons. The number of aliphatic hydroxyl groups is 1. The number of aromatic amines is 1. The van der Waals surface area contributed by atoms with Crippen molar-refractivity contribution in [1.82, 2.24) is 19.6 Å². The van der Waals surface area contributed by atoms with E-state index in [2.05, 4.69) is 34.4 Å². The first kappa shape index (κ1) is 16.7. The first-order valence-electron chi connectivity index (χ1n) is 7.83. The summed E-state index contributed by atoms with van der Waals surface area (Å²) in [7, 11) is 2.65. The fraction of sp³-hybridized carbons (Fsp3) is 0.571. The van der Waals surface area contributed by atoms with Crippen LogP contribution in [0.5, 0.6) is 0 Å². The van der Waals surface area contributed by atoms with Gasteiger partial charge in [0.15, 0.2) is 11.6 Å². The minimum Gasteiger partial charge on any atom is -0.395 e. The number of ether oxygens (including phenoxy) is 2. The van der Waals surface area contributed by atoms with Crippen LogP contribution in [-0.2, 0) is 9.47 Å². The van der Waals surface area contributed by atoms with E-state index in [1.165, 1.54) is 6.33 Å². The quantitative estimate of drug-likeness (QED) is 0.371. The Labute approximate surface area is 145 Å². The second-order valence-corrected chi connectivity index (χ2v) is 7.16. The molecule has 0 amide bonds. The summed E-state index contributed by atoms with van der Waals surface area (Å²) >= 11 is 0. The number of aromatic nitrogens is 3. The fourth-order valence-corrected chi connectivity index (χ4v) is 4.32. The Hall–Kier alpha value is -1.80. The van der Waals surface area contributed by atoms with Gasteiger partial charge in [0.25, 0.3) is 0 Å². The van der Waals surface area contributed by atoms with Crippen LogP contribution in [0.15, 0.2) is 17.6 Å². The van der Waals surface area contributed by atoms with E-state index in [4.69, 9.17) is 15.0 Å². The summed E-state index contributed by atoms with van der Waals surface area (Å²) in [6.45, 7) is 3.67. The summed E-state index contributed by atoms with van der Waals surface area (Å²) in [6, 6.07) is -0.415. The summed E-state index contributed by atoms with van der Waals surface area (Å²) in [5.74, 6) is -0.476. The van der Waals surface area contributed by atoms with Gasteiger partial charge < -0.3 is 19.6 Å². The lowest BCUT2D eigenvalue weighted by Crippen LogP contribution is -2.36. The molecule has 2 aliphatic rings. The Balaban J connectivity index is 1.82. The lowest BCUT2D eigenvalue weighted by atomic mass is 10.0. The minimum atomic E-state index is -0.718. The van der Waals surface area contributed by atoms with Gasteiger partial charge in [-0.05, 0) is 24.5 Å². The zero-order valence-corrected chi connectivity index (χ0v) is 14.9. The summed E-state index contributed by atoms with van der Waals surface area (Å²) in [5, 5.41) is 13.4. The molecule has 1 unspecified atom stereocenters. The third-order valence-corrected chi connectivity index (χ3v) is 5.38. The van der Waals surface area contributed by atoms with Crippen LogP contribution >= 0.6 is 9.39 Å². The number of nitrogens with zero attached hydrogens (tertiary/aromatic N) is 6. The molecule has 0 saturated carbocycles. The van der Waals surface area contributed by atoms with E-state index in [0.29, 0.717) is 11.0 Å². The molecule has 2 saturated heterocycles. The Morgan fingerprint density at radius 2 is 2.20 bits per heavy atom. The van der Waals surface area contributed by atoms with Crippen molar-refractivity contribution >= 4 is 26.2 Å². The second kappa shape index (κ2) is 5.88. The number of rotatable bonds is 3. The average Bonchev–Trinajstić information content (AvgIpc) is 3.17. The van der Waals surface area contributed by atoms with E-state index >= 15 is 0 Å². The van der Waals surface area contributed by atoms with Gasteiger partial charge in [-0.1, -0.05) is 9.39 Å². The molecule has 0 bridgehead atoms. The molecular formula is C14H18N7O3P. The van der Waals surface area contributed by atoms with E-state index in [9.17, 15) is 5.11 Å². The molecule has 0 aromatic carbocycles. The van der Waals surface area contributed by atoms with Crippen LogP contribution in [0, 0.1) is 0 Å². The van der Waals surface area contributed by atoms with Crippen molar-refractivity contribution in [2.24, 2.45) is 5.11 Å².